The molecular weight excluding hydrogens is 532 g/mol. The standard InChI is InChI=1S/C34H46O6Si/c1-34(2,3)41(5,6)39-25-29-30(36-22-26-16-10-7-11-17-26)31(37-23-27-18-12-8-13-19-27)32(33(35-4)40-29)38-24-28-20-14-9-15-21-28/h7-21,29-33H,22-25H2,1-6H3/t29-,30-,31+,32-,33?/m1/s1. The molecule has 222 valence electrons. The van der Waals surface area contributed by atoms with Crippen molar-refractivity contribution < 1.29 is 28.1 Å². The lowest BCUT2D eigenvalue weighted by Gasteiger charge is -2.46. The Hall–Kier alpha value is -2.36. The number of benzene rings is 3. The molecular formula is C34H46O6Si. The normalized spacial score (nSPS) is 23.4. The molecule has 3 aromatic carbocycles. The van der Waals surface area contributed by atoms with Crippen molar-refractivity contribution in [3.05, 3.63) is 108 Å². The summed E-state index contributed by atoms with van der Waals surface area (Å²) in [6.07, 6.45) is -2.49. The van der Waals surface area contributed by atoms with Crippen molar-refractivity contribution in [3.8, 4) is 0 Å². The van der Waals surface area contributed by atoms with Crippen molar-refractivity contribution in [1.29, 1.82) is 0 Å². The second-order valence-electron chi connectivity index (χ2n) is 12.1. The summed E-state index contributed by atoms with van der Waals surface area (Å²) >= 11 is 0. The van der Waals surface area contributed by atoms with Gasteiger partial charge in [-0.1, -0.05) is 112 Å². The first kappa shape index (κ1) is 31.6. The Morgan fingerprint density at radius 3 is 1.46 bits per heavy atom. The van der Waals surface area contributed by atoms with E-state index >= 15 is 0 Å². The van der Waals surface area contributed by atoms with Crippen molar-refractivity contribution in [3.63, 3.8) is 0 Å². The van der Waals surface area contributed by atoms with E-state index in [0.29, 0.717) is 26.4 Å². The van der Waals surface area contributed by atoms with Crippen LogP contribution in [0.15, 0.2) is 91.0 Å². The Morgan fingerprint density at radius 2 is 1.05 bits per heavy atom. The highest BCUT2D eigenvalue weighted by Gasteiger charge is 2.49. The Balaban J connectivity index is 1.63. The topological polar surface area (TPSA) is 55.4 Å². The first-order valence-corrected chi connectivity index (χ1v) is 17.4. The smallest absolute Gasteiger partial charge is 0.192 e. The summed E-state index contributed by atoms with van der Waals surface area (Å²) < 4.78 is 39.0. The molecule has 0 bridgehead atoms. The van der Waals surface area contributed by atoms with Crippen LogP contribution in [0, 0.1) is 0 Å². The Morgan fingerprint density at radius 1 is 0.634 bits per heavy atom. The summed E-state index contributed by atoms with van der Waals surface area (Å²) in [7, 11) is -0.408. The van der Waals surface area contributed by atoms with E-state index in [4.69, 9.17) is 28.1 Å². The van der Waals surface area contributed by atoms with E-state index in [1.165, 1.54) is 0 Å². The largest absolute Gasteiger partial charge is 0.414 e. The quantitative estimate of drug-likeness (QED) is 0.201. The zero-order valence-corrected chi connectivity index (χ0v) is 26.3. The van der Waals surface area contributed by atoms with E-state index in [9.17, 15) is 0 Å². The van der Waals surface area contributed by atoms with Gasteiger partial charge in [-0.2, -0.15) is 0 Å². The Labute approximate surface area is 247 Å². The summed E-state index contributed by atoms with van der Waals surface area (Å²) in [5, 5.41) is 0.0628. The van der Waals surface area contributed by atoms with Crippen LogP contribution >= 0.6 is 0 Å². The predicted octanol–water partition coefficient (Wildman–Crippen LogP) is 7.14. The third-order valence-corrected chi connectivity index (χ3v) is 12.6. The van der Waals surface area contributed by atoms with Crippen LogP contribution in [0.5, 0.6) is 0 Å². The average Bonchev–Trinajstić information content (AvgIpc) is 2.98. The molecule has 0 spiro atoms. The molecule has 4 rings (SSSR count). The van der Waals surface area contributed by atoms with Gasteiger partial charge in [0, 0.05) is 7.11 Å². The minimum Gasteiger partial charge on any atom is -0.414 e. The lowest BCUT2D eigenvalue weighted by atomic mass is 9.98. The third kappa shape index (κ3) is 8.81. The van der Waals surface area contributed by atoms with Crippen LogP contribution < -0.4 is 0 Å². The van der Waals surface area contributed by atoms with Crippen molar-refractivity contribution in [2.24, 2.45) is 0 Å². The lowest BCUT2D eigenvalue weighted by molar-refractivity contribution is -0.320. The van der Waals surface area contributed by atoms with Crippen molar-refractivity contribution >= 4 is 8.32 Å². The first-order chi connectivity index (χ1) is 19.7. The maximum absolute atomic E-state index is 6.68. The number of hydrogen-bond donors (Lipinski definition) is 0. The predicted molar refractivity (Wildman–Crippen MR) is 164 cm³/mol. The van der Waals surface area contributed by atoms with Crippen LogP contribution in [-0.2, 0) is 47.9 Å². The molecule has 0 radical (unpaired) electrons. The van der Waals surface area contributed by atoms with Crippen LogP contribution in [0.1, 0.15) is 37.5 Å². The minimum absolute atomic E-state index is 0.0628. The molecule has 0 N–H and O–H groups in total. The van der Waals surface area contributed by atoms with Gasteiger partial charge in [0.25, 0.3) is 0 Å². The summed E-state index contributed by atoms with van der Waals surface area (Å²) in [5.74, 6) is 0. The summed E-state index contributed by atoms with van der Waals surface area (Å²) in [4.78, 5) is 0. The molecule has 0 aliphatic carbocycles. The van der Waals surface area contributed by atoms with E-state index in [-0.39, 0.29) is 5.04 Å². The number of ether oxygens (including phenoxy) is 5. The zero-order chi connectivity index (χ0) is 29.3. The molecule has 0 amide bonds. The number of rotatable bonds is 13. The highest BCUT2D eigenvalue weighted by atomic mass is 28.4. The molecule has 1 aliphatic rings. The van der Waals surface area contributed by atoms with Crippen LogP contribution in [0.2, 0.25) is 18.1 Å². The number of hydrogen-bond acceptors (Lipinski definition) is 6. The average molecular weight is 579 g/mol. The molecule has 1 unspecified atom stereocenters. The molecule has 7 heteroatoms. The molecule has 1 fully saturated rings. The van der Waals surface area contributed by atoms with Crippen molar-refractivity contribution in [2.75, 3.05) is 13.7 Å². The van der Waals surface area contributed by atoms with Gasteiger partial charge < -0.3 is 28.1 Å². The van der Waals surface area contributed by atoms with Gasteiger partial charge in [0.1, 0.15) is 24.4 Å². The number of methoxy groups -OCH3 is 1. The fourth-order valence-corrected chi connectivity index (χ4v) is 5.59. The second kappa shape index (κ2) is 14.7. The fraction of sp³-hybridized carbons (Fsp3) is 0.471. The van der Waals surface area contributed by atoms with Gasteiger partial charge in [0.05, 0.1) is 26.4 Å². The van der Waals surface area contributed by atoms with E-state index in [1.54, 1.807) is 7.11 Å². The molecule has 1 heterocycles. The Bertz CT molecular complexity index is 1150. The minimum atomic E-state index is -2.06. The van der Waals surface area contributed by atoms with E-state index in [2.05, 4.69) is 58.1 Å². The van der Waals surface area contributed by atoms with E-state index in [0.717, 1.165) is 16.7 Å². The van der Waals surface area contributed by atoms with Gasteiger partial charge in [-0.15, -0.1) is 0 Å². The maximum Gasteiger partial charge on any atom is 0.192 e. The fourth-order valence-electron chi connectivity index (χ4n) is 4.58. The van der Waals surface area contributed by atoms with Gasteiger partial charge in [-0.25, -0.2) is 0 Å². The first-order valence-electron chi connectivity index (χ1n) is 14.5. The summed E-state index contributed by atoms with van der Waals surface area (Å²) in [5.41, 5.74) is 3.22. The van der Waals surface area contributed by atoms with Crippen LogP contribution in [0.25, 0.3) is 0 Å². The SMILES string of the molecule is COC1O[C@H](CO[Si](C)(C)C(C)(C)C)[C@@H](OCc2ccccc2)[C@H](OCc2ccccc2)[C@H]1OCc1ccccc1. The highest BCUT2D eigenvalue weighted by molar-refractivity contribution is 6.74. The van der Waals surface area contributed by atoms with E-state index < -0.39 is 39.0 Å². The van der Waals surface area contributed by atoms with E-state index in [1.807, 2.05) is 66.7 Å². The van der Waals surface area contributed by atoms with Gasteiger partial charge in [-0.05, 0) is 34.8 Å². The monoisotopic (exact) mass is 578 g/mol. The van der Waals surface area contributed by atoms with Crippen LogP contribution in [-0.4, -0.2) is 52.7 Å². The summed E-state index contributed by atoms with van der Waals surface area (Å²) in [6.45, 7) is 12.8. The maximum atomic E-state index is 6.68. The zero-order valence-electron chi connectivity index (χ0n) is 25.3. The molecule has 1 saturated heterocycles. The van der Waals surface area contributed by atoms with Gasteiger partial charge in [0.2, 0.25) is 0 Å². The van der Waals surface area contributed by atoms with Crippen LogP contribution in [0.3, 0.4) is 0 Å². The molecule has 0 saturated carbocycles. The van der Waals surface area contributed by atoms with Gasteiger partial charge in [0.15, 0.2) is 14.6 Å². The highest BCUT2D eigenvalue weighted by Crippen LogP contribution is 2.38. The van der Waals surface area contributed by atoms with Crippen molar-refractivity contribution in [1.82, 2.24) is 0 Å². The molecule has 41 heavy (non-hydrogen) atoms. The third-order valence-electron chi connectivity index (χ3n) is 8.09. The molecule has 3 aromatic rings. The lowest BCUT2D eigenvalue weighted by Crippen LogP contribution is -2.62. The van der Waals surface area contributed by atoms with Gasteiger partial charge >= 0.3 is 0 Å². The van der Waals surface area contributed by atoms with Gasteiger partial charge in [-0.3, -0.25) is 0 Å². The Kier molecular flexibility index (Phi) is 11.3. The summed E-state index contributed by atoms with van der Waals surface area (Å²) in [6, 6.07) is 30.4. The molecule has 0 aromatic heterocycles. The molecule has 6 nitrogen and oxygen atoms in total. The molecule has 1 aliphatic heterocycles. The second-order valence-corrected chi connectivity index (χ2v) is 16.9. The van der Waals surface area contributed by atoms with Crippen molar-refractivity contribution in [2.45, 2.75) is 89.4 Å². The van der Waals surface area contributed by atoms with Crippen LogP contribution in [0.4, 0.5) is 0 Å². The molecule has 5 atom stereocenters.